The Balaban J connectivity index is 1.44. The number of carbonyl (C=O) groups excluding carboxylic acids is 2. The number of hydrazone groups is 1. The number of carbonyl (C=O) groups is 2. The summed E-state index contributed by atoms with van der Waals surface area (Å²) in [6, 6.07) is 26.9. The van der Waals surface area contributed by atoms with E-state index in [0.717, 1.165) is 31.9 Å². The lowest BCUT2D eigenvalue weighted by molar-refractivity contribution is -0.120. The van der Waals surface area contributed by atoms with Crippen LogP contribution in [0.5, 0.6) is 5.75 Å². The van der Waals surface area contributed by atoms with Crippen molar-refractivity contribution in [3.63, 3.8) is 0 Å². The van der Waals surface area contributed by atoms with E-state index in [4.69, 9.17) is 4.74 Å². The van der Waals surface area contributed by atoms with E-state index in [-0.39, 0.29) is 12.5 Å². The molecule has 0 bridgehead atoms. The van der Waals surface area contributed by atoms with E-state index < -0.39 is 5.91 Å². The molecule has 35 heavy (non-hydrogen) atoms. The van der Waals surface area contributed by atoms with E-state index in [0.29, 0.717) is 17.9 Å². The maximum absolute atomic E-state index is 12.3. The summed E-state index contributed by atoms with van der Waals surface area (Å²) in [6.45, 7) is 2.10. The van der Waals surface area contributed by atoms with Crippen molar-refractivity contribution in [3.05, 3.63) is 112 Å². The standard InChI is InChI=1S/C28H24BrN3O3/c1-19-6-4-9-22(14-19)28(34)30-17-27(33)32-31-16-25-24-11-3-2-8-21(24)12-13-26(25)35-18-20-7-5-10-23(29)15-20/h2-16H,17-18H2,1H3,(H,30,34)(H,32,33)/b31-16+. The van der Waals surface area contributed by atoms with Gasteiger partial charge in [0.25, 0.3) is 11.8 Å². The average molecular weight is 530 g/mol. The van der Waals surface area contributed by atoms with Crippen molar-refractivity contribution in [1.29, 1.82) is 0 Å². The van der Waals surface area contributed by atoms with E-state index in [1.807, 2.05) is 73.7 Å². The highest BCUT2D eigenvalue weighted by Gasteiger charge is 2.10. The molecule has 7 heteroatoms. The minimum absolute atomic E-state index is 0.189. The van der Waals surface area contributed by atoms with Crippen molar-refractivity contribution >= 4 is 44.7 Å². The number of ether oxygens (including phenoxy) is 1. The minimum atomic E-state index is -0.431. The van der Waals surface area contributed by atoms with E-state index >= 15 is 0 Å². The van der Waals surface area contributed by atoms with Crippen molar-refractivity contribution in [2.24, 2.45) is 5.10 Å². The molecule has 0 aliphatic carbocycles. The summed E-state index contributed by atoms with van der Waals surface area (Å²) < 4.78 is 7.08. The second-order valence-electron chi connectivity index (χ2n) is 7.96. The summed E-state index contributed by atoms with van der Waals surface area (Å²) >= 11 is 3.48. The van der Waals surface area contributed by atoms with Crippen molar-refractivity contribution in [3.8, 4) is 5.75 Å². The molecule has 4 aromatic carbocycles. The molecule has 6 nitrogen and oxygen atoms in total. The van der Waals surface area contributed by atoms with Gasteiger partial charge in [-0.3, -0.25) is 9.59 Å². The van der Waals surface area contributed by atoms with Crippen LogP contribution in [0, 0.1) is 6.92 Å². The zero-order valence-corrected chi connectivity index (χ0v) is 20.7. The van der Waals surface area contributed by atoms with E-state index in [1.165, 1.54) is 0 Å². The van der Waals surface area contributed by atoms with Crippen LogP contribution in [0.4, 0.5) is 0 Å². The highest BCUT2D eigenvalue weighted by molar-refractivity contribution is 9.10. The number of benzene rings is 4. The van der Waals surface area contributed by atoms with Gasteiger partial charge in [-0.25, -0.2) is 5.43 Å². The number of hydrogen-bond acceptors (Lipinski definition) is 4. The highest BCUT2D eigenvalue weighted by Crippen LogP contribution is 2.27. The summed E-state index contributed by atoms with van der Waals surface area (Å²) in [5, 5.41) is 8.71. The Morgan fingerprint density at radius 1 is 0.971 bits per heavy atom. The predicted molar refractivity (Wildman–Crippen MR) is 142 cm³/mol. The lowest BCUT2D eigenvalue weighted by Crippen LogP contribution is -2.34. The molecular weight excluding hydrogens is 506 g/mol. The molecule has 0 aromatic heterocycles. The van der Waals surface area contributed by atoms with Gasteiger partial charge in [-0.15, -0.1) is 0 Å². The van der Waals surface area contributed by atoms with Crippen molar-refractivity contribution < 1.29 is 14.3 Å². The first-order chi connectivity index (χ1) is 17.0. The summed E-state index contributed by atoms with van der Waals surface area (Å²) in [5.41, 5.74) is 5.73. The van der Waals surface area contributed by atoms with Crippen LogP contribution in [-0.4, -0.2) is 24.6 Å². The molecule has 0 aliphatic rings. The molecule has 0 fully saturated rings. The molecular formula is C28H24BrN3O3. The van der Waals surface area contributed by atoms with Crippen LogP contribution in [0.25, 0.3) is 10.8 Å². The Kier molecular flexibility index (Phi) is 7.90. The van der Waals surface area contributed by atoms with Crippen molar-refractivity contribution in [2.45, 2.75) is 13.5 Å². The topological polar surface area (TPSA) is 79.8 Å². The van der Waals surface area contributed by atoms with Gasteiger partial charge >= 0.3 is 0 Å². The number of amides is 2. The van der Waals surface area contributed by atoms with Gasteiger partial charge in [0.15, 0.2) is 0 Å². The molecule has 4 aromatic rings. The Morgan fingerprint density at radius 3 is 2.63 bits per heavy atom. The first-order valence-electron chi connectivity index (χ1n) is 11.1. The van der Waals surface area contributed by atoms with Crippen LogP contribution < -0.4 is 15.5 Å². The number of fused-ring (bicyclic) bond motifs is 1. The van der Waals surface area contributed by atoms with Crippen LogP contribution in [0.1, 0.15) is 27.0 Å². The van der Waals surface area contributed by atoms with Crippen molar-refractivity contribution in [2.75, 3.05) is 6.54 Å². The molecule has 0 spiro atoms. The van der Waals surface area contributed by atoms with Gasteiger partial charge < -0.3 is 10.1 Å². The number of halogens is 1. The third kappa shape index (κ3) is 6.55. The lowest BCUT2D eigenvalue weighted by Gasteiger charge is -2.12. The molecule has 0 saturated carbocycles. The molecule has 0 unspecified atom stereocenters. The third-order valence-electron chi connectivity index (χ3n) is 5.29. The number of nitrogens with zero attached hydrogens (tertiary/aromatic N) is 1. The molecule has 2 amide bonds. The Labute approximate surface area is 212 Å². The molecule has 0 heterocycles. The Morgan fingerprint density at radius 2 is 1.80 bits per heavy atom. The maximum atomic E-state index is 12.3. The smallest absolute Gasteiger partial charge is 0.259 e. The van der Waals surface area contributed by atoms with Crippen LogP contribution >= 0.6 is 15.9 Å². The predicted octanol–water partition coefficient (Wildman–Crippen LogP) is 5.37. The molecule has 0 saturated heterocycles. The average Bonchev–Trinajstić information content (AvgIpc) is 2.86. The summed E-state index contributed by atoms with van der Waals surface area (Å²) in [4.78, 5) is 24.5. The second-order valence-corrected chi connectivity index (χ2v) is 8.88. The summed E-state index contributed by atoms with van der Waals surface area (Å²) in [6.07, 6.45) is 1.57. The van der Waals surface area contributed by atoms with Crippen LogP contribution in [-0.2, 0) is 11.4 Å². The van der Waals surface area contributed by atoms with Gasteiger partial charge in [-0.1, -0.05) is 76.1 Å². The largest absolute Gasteiger partial charge is 0.488 e. The quantitative estimate of drug-likeness (QED) is 0.238. The summed E-state index contributed by atoms with van der Waals surface area (Å²) in [7, 11) is 0. The number of hydrogen-bond donors (Lipinski definition) is 2. The fraction of sp³-hybridized carbons (Fsp3) is 0.107. The van der Waals surface area contributed by atoms with Gasteiger partial charge in [-0.2, -0.15) is 5.10 Å². The first kappa shape index (κ1) is 24.2. The number of aryl methyl sites for hydroxylation is 1. The van der Waals surface area contributed by atoms with Gasteiger partial charge in [0.2, 0.25) is 0 Å². The van der Waals surface area contributed by atoms with E-state index in [2.05, 4.69) is 31.8 Å². The third-order valence-corrected chi connectivity index (χ3v) is 5.78. The first-order valence-corrected chi connectivity index (χ1v) is 11.8. The second kappa shape index (κ2) is 11.4. The Hall–Kier alpha value is -3.97. The van der Waals surface area contributed by atoms with Gasteiger partial charge in [0.05, 0.1) is 12.8 Å². The van der Waals surface area contributed by atoms with Gasteiger partial charge in [-0.05, 0) is 53.6 Å². The van der Waals surface area contributed by atoms with E-state index in [9.17, 15) is 9.59 Å². The molecule has 0 aliphatic heterocycles. The SMILES string of the molecule is Cc1cccc(C(=O)NCC(=O)N/N=C/c2c(OCc3cccc(Br)c3)ccc3ccccc23)c1. The van der Waals surface area contributed by atoms with Crippen LogP contribution in [0.2, 0.25) is 0 Å². The minimum Gasteiger partial charge on any atom is -0.488 e. The molecule has 4 rings (SSSR count). The molecule has 0 atom stereocenters. The number of rotatable bonds is 8. The van der Waals surface area contributed by atoms with Crippen LogP contribution in [0.3, 0.4) is 0 Å². The molecule has 2 N–H and O–H groups in total. The molecule has 176 valence electrons. The summed E-state index contributed by atoms with van der Waals surface area (Å²) in [5.74, 6) is -0.0985. The zero-order valence-electron chi connectivity index (χ0n) is 19.1. The fourth-order valence-electron chi connectivity index (χ4n) is 3.58. The maximum Gasteiger partial charge on any atom is 0.259 e. The van der Waals surface area contributed by atoms with E-state index in [1.54, 1.807) is 24.4 Å². The number of nitrogens with one attached hydrogen (secondary N) is 2. The van der Waals surface area contributed by atoms with Crippen molar-refractivity contribution in [1.82, 2.24) is 10.7 Å². The molecule has 0 radical (unpaired) electrons. The van der Waals surface area contributed by atoms with Gasteiger partial charge in [0.1, 0.15) is 12.4 Å². The Bertz CT molecular complexity index is 1400. The normalized spacial score (nSPS) is 10.9. The van der Waals surface area contributed by atoms with Crippen LogP contribution in [0.15, 0.2) is 94.5 Å². The van der Waals surface area contributed by atoms with Gasteiger partial charge in [0, 0.05) is 15.6 Å². The monoisotopic (exact) mass is 529 g/mol. The zero-order chi connectivity index (χ0) is 24.6. The highest BCUT2D eigenvalue weighted by atomic mass is 79.9. The fourth-order valence-corrected chi connectivity index (χ4v) is 4.03. The lowest BCUT2D eigenvalue weighted by atomic mass is 10.0.